The molecule has 0 heterocycles. The van der Waals surface area contributed by atoms with E-state index in [4.69, 9.17) is 9.84 Å². The molecule has 0 aliphatic heterocycles. The fraction of sp³-hybridized carbons (Fsp3) is 0.467. The molecule has 0 aliphatic carbocycles. The number of hydrogen-bond acceptors (Lipinski definition) is 3. The van der Waals surface area contributed by atoms with E-state index in [1.807, 2.05) is 24.3 Å². The lowest BCUT2D eigenvalue weighted by Crippen LogP contribution is -2.54. The van der Waals surface area contributed by atoms with E-state index in [1.165, 1.54) is 25.8 Å². The molecule has 1 aromatic rings. The van der Waals surface area contributed by atoms with Crippen LogP contribution in [0.2, 0.25) is 0 Å². The number of carbonyl (C=O) groups is 2. The van der Waals surface area contributed by atoms with Gasteiger partial charge in [-0.1, -0.05) is 12.1 Å². The van der Waals surface area contributed by atoms with Crippen molar-refractivity contribution in [3.8, 4) is 5.75 Å². The monoisotopic (exact) mass is 294 g/mol. The Morgan fingerprint density at radius 3 is 2.33 bits per heavy atom. The van der Waals surface area contributed by atoms with Crippen LogP contribution in [-0.4, -0.2) is 48.2 Å². The smallest absolute Gasteiger partial charge is 0.329 e. The number of hydrogen-bond donors (Lipinski definition) is 2. The number of amides is 2. The van der Waals surface area contributed by atoms with Crippen LogP contribution in [0.15, 0.2) is 24.3 Å². The summed E-state index contributed by atoms with van der Waals surface area (Å²) in [6.07, 6.45) is 0.664. The number of rotatable bonds is 6. The number of nitrogens with one attached hydrogen (secondary N) is 1. The predicted octanol–water partition coefficient (Wildman–Crippen LogP) is 1.74. The summed E-state index contributed by atoms with van der Waals surface area (Å²) in [7, 11) is 3.08. The van der Waals surface area contributed by atoms with Crippen molar-refractivity contribution in [1.82, 2.24) is 10.2 Å². The maximum absolute atomic E-state index is 11.9. The van der Waals surface area contributed by atoms with Gasteiger partial charge >= 0.3 is 12.0 Å². The van der Waals surface area contributed by atoms with Crippen LogP contribution in [0, 0.1) is 0 Å². The minimum atomic E-state index is -1.25. The average molecular weight is 294 g/mol. The molecule has 0 saturated carbocycles. The summed E-state index contributed by atoms with van der Waals surface area (Å²) >= 11 is 0. The molecule has 2 amide bonds. The van der Waals surface area contributed by atoms with Gasteiger partial charge < -0.3 is 20.1 Å². The van der Waals surface area contributed by atoms with Gasteiger partial charge in [0.2, 0.25) is 0 Å². The Kier molecular flexibility index (Phi) is 5.58. The van der Waals surface area contributed by atoms with E-state index < -0.39 is 17.5 Å². The zero-order chi connectivity index (χ0) is 16.0. The Bertz CT molecular complexity index is 497. The number of carboxylic acid groups (broad SMARTS) is 1. The number of urea groups is 1. The lowest BCUT2D eigenvalue weighted by Gasteiger charge is -2.31. The van der Waals surface area contributed by atoms with E-state index in [1.54, 1.807) is 7.11 Å². The third-order valence-corrected chi connectivity index (χ3v) is 3.52. The third kappa shape index (κ3) is 4.37. The Morgan fingerprint density at radius 2 is 1.86 bits per heavy atom. The van der Waals surface area contributed by atoms with Gasteiger partial charge in [-0.3, -0.25) is 0 Å². The van der Waals surface area contributed by atoms with Crippen LogP contribution in [0.1, 0.15) is 19.4 Å². The van der Waals surface area contributed by atoms with Crippen LogP contribution in [0.3, 0.4) is 0 Å². The van der Waals surface area contributed by atoms with Gasteiger partial charge in [0.15, 0.2) is 0 Å². The normalized spacial score (nSPS) is 10.9. The molecule has 21 heavy (non-hydrogen) atoms. The van der Waals surface area contributed by atoms with Gasteiger partial charge in [-0.25, -0.2) is 9.59 Å². The molecule has 116 valence electrons. The SMILES string of the molecule is COc1ccc(CCNC(=O)N(C)C(C)(C)C(=O)O)cc1. The maximum atomic E-state index is 11.9. The fourth-order valence-corrected chi connectivity index (χ4v) is 1.62. The second kappa shape index (κ2) is 6.97. The van der Waals surface area contributed by atoms with Crippen molar-refractivity contribution in [3.05, 3.63) is 29.8 Å². The molecule has 0 aliphatic rings. The topological polar surface area (TPSA) is 78.9 Å². The molecule has 0 radical (unpaired) electrons. The third-order valence-electron chi connectivity index (χ3n) is 3.52. The molecule has 1 rings (SSSR count). The Morgan fingerprint density at radius 1 is 1.29 bits per heavy atom. The number of carbonyl (C=O) groups excluding carboxylic acids is 1. The molecule has 0 spiro atoms. The average Bonchev–Trinajstić information content (AvgIpc) is 2.46. The fourth-order valence-electron chi connectivity index (χ4n) is 1.62. The number of methoxy groups -OCH3 is 1. The van der Waals surface area contributed by atoms with E-state index in [-0.39, 0.29) is 0 Å². The van der Waals surface area contributed by atoms with Gasteiger partial charge in [0.25, 0.3) is 0 Å². The molecule has 0 bridgehead atoms. The van der Waals surface area contributed by atoms with Crippen LogP contribution in [0.25, 0.3) is 0 Å². The molecule has 6 nitrogen and oxygen atoms in total. The standard InChI is InChI=1S/C15H22N2O4/c1-15(2,13(18)19)17(3)14(20)16-10-9-11-5-7-12(21-4)8-6-11/h5-8H,9-10H2,1-4H3,(H,16,20)(H,18,19). The number of ether oxygens (including phenoxy) is 1. The molecular formula is C15H22N2O4. The molecule has 0 saturated heterocycles. The minimum Gasteiger partial charge on any atom is -0.497 e. The second-order valence-corrected chi connectivity index (χ2v) is 5.25. The van der Waals surface area contributed by atoms with Crippen molar-refractivity contribution in [2.45, 2.75) is 25.8 Å². The molecule has 1 aromatic carbocycles. The molecule has 2 N–H and O–H groups in total. The first-order valence-corrected chi connectivity index (χ1v) is 6.67. The van der Waals surface area contributed by atoms with E-state index in [0.717, 1.165) is 11.3 Å². The van der Waals surface area contributed by atoms with Crippen molar-refractivity contribution in [3.63, 3.8) is 0 Å². The molecule has 0 fully saturated rings. The molecular weight excluding hydrogens is 272 g/mol. The summed E-state index contributed by atoms with van der Waals surface area (Å²) in [5.41, 5.74) is -0.180. The molecule has 0 atom stereocenters. The Labute approximate surface area is 124 Å². The Hall–Kier alpha value is -2.24. The number of benzene rings is 1. The lowest BCUT2D eigenvalue weighted by molar-refractivity contribution is -0.146. The number of aliphatic carboxylic acids is 1. The van der Waals surface area contributed by atoms with Crippen molar-refractivity contribution >= 4 is 12.0 Å². The van der Waals surface area contributed by atoms with Crippen molar-refractivity contribution in [2.24, 2.45) is 0 Å². The highest BCUT2D eigenvalue weighted by atomic mass is 16.5. The number of nitrogens with zero attached hydrogens (tertiary/aromatic N) is 1. The van der Waals surface area contributed by atoms with Crippen molar-refractivity contribution < 1.29 is 19.4 Å². The largest absolute Gasteiger partial charge is 0.497 e. The van der Waals surface area contributed by atoms with Crippen LogP contribution < -0.4 is 10.1 Å². The lowest BCUT2D eigenvalue weighted by atomic mass is 10.1. The second-order valence-electron chi connectivity index (χ2n) is 5.25. The van der Waals surface area contributed by atoms with Gasteiger partial charge in [-0.05, 0) is 38.0 Å². The van der Waals surface area contributed by atoms with E-state index >= 15 is 0 Å². The predicted molar refractivity (Wildman–Crippen MR) is 79.6 cm³/mol. The van der Waals surface area contributed by atoms with Crippen LogP contribution >= 0.6 is 0 Å². The highest BCUT2D eigenvalue weighted by Crippen LogP contribution is 2.13. The van der Waals surface area contributed by atoms with Crippen LogP contribution in [-0.2, 0) is 11.2 Å². The zero-order valence-corrected chi connectivity index (χ0v) is 12.8. The summed E-state index contributed by atoms with van der Waals surface area (Å²) in [6, 6.07) is 7.16. The van der Waals surface area contributed by atoms with Gasteiger partial charge in [-0.15, -0.1) is 0 Å². The molecule has 0 aromatic heterocycles. The van der Waals surface area contributed by atoms with Gasteiger partial charge in [-0.2, -0.15) is 0 Å². The van der Waals surface area contributed by atoms with Crippen molar-refractivity contribution in [2.75, 3.05) is 20.7 Å². The first kappa shape index (κ1) is 16.8. The highest BCUT2D eigenvalue weighted by Gasteiger charge is 2.34. The zero-order valence-electron chi connectivity index (χ0n) is 12.8. The van der Waals surface area contributed by atoms with Gasteiger partial charge in [0.05, 0.1) is 7.11 Å². The molecule has 0 unspecified atom stereocenters. The summed E-state index contributed by atoms with van der Waals surface area (Å²) in [5.74, 6) is -0.263. The van der Waals surface area contributed by atoms with Gasteiger partial charge in [0.1, 0.15) is 11.3 Å². The molecule has 6 heteroatoms. The van der Waals surface area contributed by atoms with E-state index in [2.05, 4.69) is 5.32 Å². The van der Waals surface area contributed by atoms with Crippen LogP contribution in [0.5, 0.6) is 5.75 Å². The summed E-state index contributed by atoms with van der Waals surface area (Å²) in [5, 5.41) is 11.8. The highest BCUT2D eigenvalue weighted by molar-refractivity contribution is 5.85. The van der Waals surface area contributed by atoms with E-state index in [0.29, 0.717) is 13.0 Å². The van der Waals surface area contributed by atoms with Crippen molar-refractivity contribution in [1.29, 1.82) is 0 Å². The van der Waals surface area contributed by atoms with Gasteiger partial charge in [0, 0.05) is 13.6 Å². The first-order chi connectivity index (χ1) is 9.78. The van der Waals surface area contributed by atoms with Crippen LogP contribution in [0.4, 0.5) is 4.79 Å². The Balaban J connectivity index is 2.47. The quantitative estimate of drug-likeness (QED) is 0.837. The summed E-state index contributed by atoms with van der Waals surface area (Å²) < 4.78 is 5.07. The first-order valence-electron chi connectivity index (χ1n) is 6.67. The summed E-state index contributed by atoms with van der Waals surface area (Å²) in [4.78, 5) is 24.2. The summed E-state index contributed by atoms with van der Waals surface area (Å²) in [6.45, 7) is 3.40. The number of carboxylic acids is 1. The maximum Gasteiger partial charge on any atom is 0.329 e. The van der Waals surface area contributed by atoms with E-state index in [9.17, 15) is 9.59 Å². The number of likely N-dealkylation sites (N-methyl/N-ethyl adjacent to an activating group) is 1. The minimum absolute atomic E-state index is 0.407.